The van der Waals surface area contributed by atoms with Gasteiger partial charge in [0.25, 0.3) is 0 Å². The average molecular weight is 263 g/mol. The first-order valence-electron chi connectivity index (χ1n) is 6.74. The molecule has 1 aliphatic rings. The van der Waals surface area contributed by atoms with E-state index in [9.17, 15) is 9.90 Å². The number of carbonyl (C=O) groups is 1. The van der Waals surface area contributed by atoms with Crippen molar-refractivity contribution in [2.75, 3.05) is 0 Å². The SMILES string of the molecule is CC(OC(N)=O)(c1ccccc1)[C@H]1CC[C@@H](O)CC1. The standard InChI is InChI=1S/C15H21NO3/c1-15(19-14(16)18,11-5-3-2-4-6-11)12-7-9-13(17)10-8-12/h2-6,12-13,17H,7-10H2,1H3,(H2,16,18)/t12-,13+,15?. The van der Waals surface area contributed by atoms with Crippen molar-refractivity contribution in [3.63, 3.8) is 0 Å². The van der Waals surface area contributed by atoms with Gasteiger partial charge in [-0.15, -0.1) is 0 Å². The maximum atomic E-state index is 11.2. The molecular formula is C15H21NO3. The van der Waals surface area contributed by atoms with Gasteiger partial charge in [0.1, 0.15) is 5.60 Å². The molecule has 1 amide bonds. The van der Waals surface area contributed by atoms with Crippen LogP contribution < -0.4 is 5.73 Å². The molecule has 3 N–H and O–H groups in total. The Labute approximate surface area is 113 Å². The molecule has 19 heavy (non-hydrogen) atoms. The number of aliphatic hydroxyl groups is 1. The van der Waals surface area contributed by atoms with E-state index in [4.69, 9.17) is 10.5 Å². The largest absolute Gasteiger partial charge is 0.438 e. The summed E-state index contributed by atoms with van der Waals surface area (Å²) in [6.45, 7) is 1.91. The third-order valence-electron chi connectivity index (χ3n) is 4.14. The summed E-state index contributed by atoms with van der Waals surface area (Å²) >= 11 is 0. The van der Waals surface area contributed by atoms with Crippen molar-refractivity contribution in [3.8, 4) is 0 Å². The summed E-state index contributed by atoms with van der Waals surface area (Å²) in [5.41, 5.74) is 5.48. The molecular weight excluding hydrogens is 242 g/mol. The van der Waals surface area contributed by atoms with Crippen LogP contribution in [-0.2, 0) is 10.3 Å². The first kappa shape index (κ1) is 13.9. The molecule has 1 unspecified atom stereocenters. The summed E-state index contributed by atoms with van der Waals surface area (Å²) in [6.07, 6.45) is 2.17. The molecule has 0 aromatic heterocycles. The molecule has 1 aromatic carbocycles. The number of carbonyl (C=O) groups excluding carboxylic acids is 1. The first-order chi connectivity index (χ1) is 9.02. The van der Waals surface area contributed by atoms with E-state index in [1.165, 1.54) is 0 Å². The maximum absolute atomic E-state index is 11.2. The zero-order chi connectivity index (χ0) is 13.9. The molecule has 4 nitrogen and oxygen atoms in total. The fourth-order valence-corrected chi connectivity index (χ4v) is 2.98. The number of benzene rings is 1. The molecule has 1 saturated carbocycles. The van der Waals surface area contributed by atoms with Crippen molar-refractivity contribution < 1.29 is 14.6 Å². The molecule has 0 radical (unpaired) electrons. The highest BCUT2D eigenvalue weighted by Crippen LogP contribution is 2.41. The highest BCUT2D eigenvalue weighted by Gasteiger charge is 2.40. The van der Waals surface area contributed by atoms with Crippen LogP contribution in [0.5, 0.6) is 0 Å². The average Bonchev–Trinajstić information content (AvgIpc) is 2.39. The third kappa shape index (κ3) is 3.07. The van der Waals surface area contributed by atoms with E-state index in [0.717, 1.165) is 31.2 Å². The highest BCUT2D eigenvalue weighted by molar-refractivity contribution is 5.65. The lowest BCUT2D eigenvalue weighted by molar-refractivity contribution is -0.0465. The van der Waals surface area contributed by atoms with Crippen LogP contribution in [0.1, 0.15) is 38.2 Å². The first-order valence-corrected chi connectivity index (χ1v) is 6.74. The lowest BCUT2D eigenvalue weighted by Gasteiger charge is -2.40. The second-order valence-corrected chi connectivity index (χ2v) is 5.40. The Bertz CT molecular complexity index is 426. The Morgan fingerprint density at radius 2 is 1.84 bits per heavy atom. The van der Waals surface area contributed by atoms with E-state index in [2.05, 4.69) is 0 Å². The van der Waals surface area contributed by atoms with Gasteiger partial charge in [-0.25, -0.2) is 4.79 Å². The summed E-state index contributed by atoms with van der Waals surface area (Å²) in [5.74, 6) is 0.186. The Morgan fingerprint density at radius 3 is 2.37 bits per heavy atom. The molecule has 1 aromatic rings. The quantitative estimate of drug-likeness (QED) is 0.880. The van der Waals surface area contributed by atoms with Gasteiger partial charge in [0.2, 0.25) is 0 Å². The number of primary amides is 1. The number of ether oxygens (including phenoxy) is 1. The van der Waals surface area contributed by atoms with Gasteiger partial charge >= 0.3 is 6.09 Å². The predicted octanol–water partition coefficient (Wildman–Crippen LogP) is 2.55. The van der Waals surface area contributed by atoms with E-state index in [0.29, 0.717) is 0 Å². The predicted molar refractivity (Wildman–Crippen MR) is 72.4 cm³/mol. The lowest BCUT2D eigenvalue weighted by atomic mass is 9.73. The van der Waals surface area contributed by atoms with Crippen LogP contribution in [0, 0.1) is 5.92 Å². The van der Waals surface area contributed by atoms with Gasteiger partial charge in [-0.1, -0.05) is 30.3 Å². The van der Waals surface area contributed by atoms with Crippen LogP contribution in [-0.4, -0.2) is 17.3 Å². The second kappa shape index (κ2) is 5.61. The fraction of sp³-hybridized carbons (Fsp3) is 0.533. The van der Waals surface area contributed by atoms with Gasteiger partial charge in [0.15, 0.2) is 0 Å². The van der Waals surface area contributed by atoms with Gasteiger partial charge in [-0.3, -0.25) is 0 Å². The summed E-state index contributed by atoms with van der Waals surface area (Å²) in [7, 11) is 0. The smallest absolute Gasteiger partial charge is 0.405 e. The number of rotatable bonds is 3. The normalized spacial score (nSPS) is 26.4. The molecule has 1 fully saturated rings. The van der Waals surface area contributed by atoms with Gasteiger partial charge in [-0.05, 0) is 38.2 Å². The zero-order valence-electron chi connectivity index (χ0n) is 11.2. The molecule has 0 heterocycles. The summed E-state index contributed by atoms with van der Waals surface area (Å²) in [5, 5.41) is 9.61. The minimum Gasteiger partial charge on any atom is -0.438 e. The van der Waals surface area contributed by atoms with Crippen molar-refractivity contribution in [2.45, 2.75) is 44.3 Å². The van der Waals surface area contributed by atoms with Gasteiger partial charge in [-0.2, -0.15) is 0 Å². The second-order valence-electron chi connectivity index (χ2n) is 5.40. The van der Waals surface area contributed by atoms with Crippen LogP contribution in [0.25, 0.3) is 0 Å². The van der Waals surface area contributed by atoms with Crippen LogP contribution in [0.3, 0.4) is 0 Å². The van der Waals surface area contributed by atoms with Crippen molar-refractivity contribution in [3.05, 3.63) is 35.9 Å². The van der Waals surface area contributed by atoms with E-state index in [1.54, 1.807) is 0 Å². The highest BCUT2D eigenvalue weighted by atomic mass is 16.6. The van der Waals surface area contributed by atoms with Crippen molar-refractivity contribution in [2.24, 2.45) is 11.7 Å². The number of hydrogen-bond acceptors (Lipinski definition) is 3. The van der Waals surface area contributed by atoms with Crippen LogP contribution >= 0.6 is 0 Å². The number of aliphatic hydroxyl groups excluding tert-OH is 1. The number of amides is 1. The molecule has 104 valence electrons. The maximum Gasteiger partial charge on any atom is 0.405 e. The molecule has 2 rings (SSSR count). The molecule has 0 aliphatic heterocycles. The van der Waals surface area contributed by atoms with E-state index < -0.39 is 11.7 Å². The van der Waals surface area contributed by atoms with Gasteiger partial charge in [0, 0.05) is 5.92 Å². The van der Waals surface area contributed by atoms with Gasteiger partial charge < -0.3 is 15.6 Å². The van der Waals surface area contributed by atoms with E-state index in [-0.39, 0.29) is 12.0 Å². The topological polar surface area (TPSA) is 72.5 Å². The molecule has 0 saturated heterocycles. The Morgan fingerprint density at radius 1 is 1.26 bits per heavy atom. The number of nitrogens with two attached hydrogens (primary N) is 1. The van der Waals surface area contributed by atoms with E-state index in [1.807, 2.05) is 37.3 Å². The number of hydrogen-bond donors (Lipinski definition) is 2. The van der Waals surface area contributed by atoms with E-state index >= 15 is 0 Å². The van der Waals surface area contributed by atoms with Crippen LogP contribution in [0.2, 0.25) is 0 Å². The van der Waals surface area contributed by atoms with Gasteiger partial charge in [0.05, 0.1) is 6.10 Å². The third-order valence-corrected chi connectivity index (χ3v) is 4.14. The summed E-state index contributed by atoms with van der Waals surface area (Å²) in [4.78, 5) is 11.2. The summed E-state index contributed by atoms with van der Waals surface area (Å²) < 4.78 is 5.46. The molecule has 0 bridgehead atoms. The van der Waals surface area contributed by atoms with Crippen molar-refractivity contribution in [1.29, 1.82) is 0 Å². The lowest BCUT2D eigenvalue weighted by Crippen LogP contribution is -2.41. The molecule has 1 atom stereocenters. The van der Waals surface area contributed by atoms with Crippen molar-refractivity contribution in [1.82, 2.24) is 0 Å². The molecule has 4 heteroatoms. The minimum atomic E-state index is -0.752. The monoisotopic (exact) mass is 263 g/mol. The zero-order valence-corrected chi connectivity index (χ0v) is 11.2. The fourth-order valence-electron chi connectivity index (χ4n) is 2.98. The molecule has 0 spiro atoms. The Balaban J connectivity index is 2.27. The molecule has 1 aliphatic carbocycles. The van der Waals surface area contributed by atoms with Crippen LogP contribution in [0.4, 0.5) is 4.79 Å². The summed E-state index contributed by atoms with van der Waals surface area (Å²) in [6, 6.07) is 9.69. The van der Waals surface area contributed by atoms with Crippen molar-refractivity contribution >= 4 is 6.09 Å². The minimum absolute atomic E-state index is 0.186. The Hall–Kier alpha value is -1.55. The van der Waals surface area contributed by atoms with Crippen LogP contribution in [0.15, 0.2) is 30.3 Å². The Kier molecular flexibility index (Phi) is 4.10.